The Morgan fingerprint density at radius 3 is 2.60 bits per heavy atom. The number of amides is 3. The summed E-state index contributed by atoms with van der Waals surface area (Å²) in [5, 5.41) is 7.30. The molecule has 3 amide bonds. The van der Waals surface area contributed by atoms with Crippen LogP contribution in [-0.2, 0) is 6.42 Å². The summed E-state index contributed by atoms with van der Waals surface area (Å²) in [6.07, 6.45) is 3.70. The minimum atomic E-state index is -0.316. The number of nitrogens with zero attached hydrogens (tertiary/aromatic N) is 4. The molecule has 1 aliphatic rings. The first-order valence-corrected chi connectivity index (χ1v) is 11.9. The van der Waals surface area contributed by atoms with Gasteiger partial charge in [-0.1, -0.05) is 16.8 Å². The predicted molar refractivity (Wildman–Crippen MR) is 133 cm³/mol. The molecule has 2 aromatic carbocycles. The van der Waals surface area contributed by atoms with E-state index in [2.05, 4.69) is 15.5 Å². The molecule has 9 nitrogen and oxygen atoms in total. The largest absolute Gasteiger partial charge is 0.495 e. The van der Waals surface area contributed by atoms with Crippen LogP contribution in [0.5, 0.6) is 5.75 Å². The number of ether oxygens (including phenoxy) is 1. The first kappa shape index (κ1) is 24.5. The SMILES string of the molecule is COc1ccc(Cl)cc1NC(=O)N(C)CCc1noc(-c2ccc(C(=O)N3CCCCC3)cc2)n1. The highest BCUT2D eigenvalue weighted by Gasteiger charge is 2.19. The number of methoxy groups -OCH3 is 1. The summed E-state index contributed by atoms with van der Waals surface area (Å²) in [4.78, 5) is 33.1. The van der Waals surface area contributed by atoms with E-state index in [-0.39, 0.29) is 11.9 Å². The number of halogens is 1. The van der Waals surface area contributed by atoms with Gasteiger partial charge in [0, 0.05) is 49.3 Å². The molecule has 0 radical (unpaired) electrons. The Kier molecular flexibility index (Phi) is 7.87. The minimum Gasteiger partial charge on any atom is -0.495 e. The normalized spacial score (nSPS) is 13.4. The van der Waals surface area contributed by atoms with Crippen LogP contribution in [0.4, 0.5) is 10.5 Å². The van der Waals surface area contributed by atoms with Crippen LogP contribution in [0.25, 0.3) is 11.5 Å². The van der Waals surface area contributed by atoms with E-state index in [4.69, 9.17) is 20.9 Å². The zero-order valence-corrected chi connectivity index (χ0v) is 20.5. The number of likely N-dealkylation sites (N-methyl/N-ethyl adjacent to an activating group) is 1. The van der Waals surface area contributed by atoms with Gasteiger partial charge in [-0.2, -0.15) is 4.98 Å². The Balaban J connectivity index is 1.32. The quantitative estimate of drug-likeness (QED) is 0.506. The van der Waals surface area contributed by atoms with Gasteiger partial charge >= 0.3 is 6.03 Å². The lowest BCUT2D eigenvalue weighted by Gasteiger charge is -2.26. The van der Waals surface area contributed by atoms with E-state index >= 15 is 0 Å². The molecule has 0 saturated carbocycles. The number of piperidine rings is 1. The first-order valence-electron chi connectivity index (χ1n) is 11.5. The third kappa shape index (κ3) is 6.10. The van der Waals surface area contributed by atoms with Crippen LogP contribution in [0.3, 0.4) is 0 Å². The average Bonchev–Trinajstić information content (AvgIpc) is 3.36. The number of anilines is 1. The average molecular weight is 498 g/mol. The van der Waals surface area contributed by atoms with Crippen molar-refractivity contribution in [3.8, 4) is 17.2 Å². The fourth-order valence-corrected chi connectivity index (χ4v) is 4.04. The van der Waals surface area contributed by atoms with E-state index in [0.29, 0.717) is 46.7 Å². The van der Waals surface area contributed by atoms with E-state index < -0.39 is 0 Å². The third-order valence-corrected chi connectivity index (χ3v) is 6.15. The van der Waals surface area contributed by atoms with Gasteiger partial charge in [0.2, 0.25) is 0 Å². The van der Waals surface area contributed by atoms with Gasteiger partial charge in [-0.25, -0.2) is 4.79 Å². The van der Waals surface area contributed by atoms with Crippen molar-refractivity contribution in [2.24, 2.45) is 0 Å². The number of benzene rings is 2. The second-order valence-corrected chi connectivity index (χ2v) is 8.83. The Labute approximate surface area is 209 Å². The molecule has 1 saturated heterocycles. The number of carbonyl (C=O) groups is 2. The predicted octanol–water partition coefficient (Wildman–Crippen LogP) is 4.73. The summed E-state index contributed by atoms with van der Waals surface area (Å²) >= 11 is 6.02. The van der Waals surface area contributed by atoms with Crippen molar-refractivity contribution in [2.45, 2.75) is 25.7 Å². The van der Waals surface area contributed by atoms with Gasteiger partial charge in [0.05, 0.1) is 12.8 Å². The molecule has 1 aromatic heterocycles. The lowest BCUT2D eigenvalue weighted by Crippen LogP contribution is -2.35. The van der Waals surface area contributed by atoms with Crippen LogP contribution in [-0.4, -0.2) is 65.7 Å². The van der Waals surface area contributed by atoms with Gasteiger partial charge in [0.1, 0.15) is 5.75 Å². The van der Waals surface area contributed by atoms with Gasteiger partial charge in [0.25, 0.3) is 11.8 Å². The number of aromatic nitrogens is 2. The number of likely N-dealkylation sites (tertiary alicyclic amines) is 1. The summed E-state index contributed by atoms with van der Waals surface area (Å²) in [6, 6.07) is 11.9. The van der Waals surface area contributed by atoms with E-state index in [1.54, 1.807) is 37.4 Å². The van der Waals surface area contributed by atoms with Crippen molar-refractivity contribution in [2.75, 3.05) is 39.1 Å². The Bertz CT molecular complexity index is 1170. The number of nitrogens with one attached hydrogen (secondary N) is 1. The van der Waals surface area contributed by atoms with E-state index in [1.165, 1.54) is 18.4 Å². The smallest absolute Gasteiger partial charge is 0.321 e. The van der Waals surface area contributed by atoms with Crippen LogP contribution in [0.15, 0.2) is 47.0 Å². The highest BCUT2D eigenvalue weighted by atomic mass is 35.5. The lowest BCUT2D eigenvalue weighted by atomic mass is 10.1. The fraction of sp³-hybridized carbons (Fsp3) is 0.360. The number of hydrogen-bond acceptors (Lipinski definition) is 6. The van der Waals surface area contributed by atoms with Crippen molar-refractivity contribution in [3.63, 3.8) is 0 Å². The van der Waals surface area contributed by atoms with Crippen LogP contribution >= 0.6 is 11.6 Å². The van der Waals surface area contributed by atoms with E-state index in [0.717, 1.165) is 31.5 Å². The Morgan fingerprint density at radius 1 is 1.14 bits per heavy atom. The van der Waals surface area contributed by atoms with Gasteiger partial charge in [-0.15, -0.1) is 0 Å². The van der Waals surface area contributed by atoms with Gasteiger partial charge in [-0.05, 0) is 61.7 Å². The molecule has 1 fully saturated rings. The minimum absolute atomic E-state index is 0.0548. The molecular formula is C25H28ClN5O4. The Hall–Kier alpha value is -3.59. The summed E-state index contributed by atoms with van der Waals surface area (Å²) in [7, 11) is 3.20. The molecular weight excluding hydrogens is 470 g/mol. The molecule has 1 N–H and O–H groups in total. The molecule has 0 unspecified atom stereocenters. The van der Waals surface area contributed by atoms with Crippen LogP contribution in [0, 0.1) is 0 Å². The molecule has 3 aromatic rings. The highest BCUT2D eigenvalue weighted by Crippen LogP contribution is 2.28. The molecule has 35 heavy (non-hydrogen) atoms. The highest BCUT2D eigenvalue weighted by molar-refractivity contribution is 6.31. The molecule has 184 valence electrons. The third-order valence-electron chi connectivity index (χ3n) is 5.91. The van der Waals surface area contributed by atoms with E-state index in [9.17, 15) is 9.59 Å². The maximum atomic E-state index is 12.6. The van der Waals surface area contributed by atoms with Gasteiger partial charge < -0.3 is 24.4 Å². The number of urea groups is 1. The summed E-state index contributed by atoms with van der Waals surface area (Å²) < 4.78 is 10.7. The zero-order chi connectivity index (χ0) is 24.8. The molecule has 1 aliphatic heterocycles. The van der Waals surface area contributed by atoms with Crippen LogP contribution < -0.4 is 10.1 Å². The fourth-order valence-electron chi connectivity index (χ4n) is 3.87. The second-order valence-electron chi connectivity index (χ2n) is 8.39. The number of carbonyl (C=O) groups excluding carboxylic acids is 2. The van der Waals surface area contributed by atoms with Crippen molar-refractivity contribution >= 4 is 29.2 Å². The standard InChI is InChI=1S/C25H28ClN5O4/c1-30(25(33)27-20-16-19(26)10-11-21(20)34-2)15-12-22-28-23(35-29-22)17-6-8-18(9-7-17)24(32)31-13-4-3-5-14-31/h6-11,16H,3-5,12-15H2,1-2H3,(H,27,33). The molecule has 0 spiro atoms. The van der Waals surface area contributed by atoms with Crippen LogP contribution in [0.2, 0.25) is 5.02 Å². The second kappa shape index (κ2) is 11.2. The monoisotopic (exact) mass is 497 g/mol. The molecule has 0 aliphatic carbocycles. The zero-order valence-electron chi connectivity index (χ0n) is 19.8. The maximum Gasteiger partial charge on any atom is 0.321 e. The number of rotatable bonds is 7. The Morgan fingerprint density at radius 2 is 1.89 bits per heavy atom. The molecule has 0 bridgehead atoms. The molecule has 2 heterocycles. The van der Waals surface area contributed by atoms with Crippen LogP contribution in [0.1, 0.15) is 35.4 Å². The molecule has 10 heteroatoms. The number of hydrogen-bond donors (Lipinski definition) is 1. The summed E-state index contributed by atoms with van der Waals surface area (Å²) in [6.45, 7) is 2.00. The van der Waals surface area contributed by atoms with Crippen molar-refractivity contribution in [1.82, 2.24) is 19.9 Å². The van der Waals surface area contributed by atoms with E-state index in [1.807, 2.05) is 17.0 Å². The van der Waals surface area contributed by atoms with Crippen molar-refractivity contribution < 1.29 is 18.8 Å². The summed E-state index contributed by atoms with van der Waals surface area (Å²) in [5.41, 5.74) is 1.87. The van der Waals surface area contributed by atoms with Crippen molar-refractivity contribution in [3.05, 3.63) is 58.9 Å². The molecule has 0 atom stereocenters. The van der Waals surface area contributed by atoms with Gasteiger partial charge in [0.15, 0.2) is 5.82 Å². The molecule has 4 rings (SSSR count). The maximum absolute atomic E-state index is 12.6. The topological polar surface area (TPSA) is 101 Å². The lowest BCUT2D eigenvalue weighted by molar-refractivity contribution is 0.0724. The summed E-state index contributed by atoms with van der Waals surface area (Å²) in [5.74, 6) is 1.42. The first-order chi connectivity index (χ1) is 16.9. The van der Waals surface area contributed by atoms with Crippen molar-refractivity contribution in [1.29, 1.82) is 0 Å². The van der Waals surface area contributed by atoms with Gasteiger partial charge in [-0.3, -0.25) is 4.79 Å².